The van der Waals surface area contributed by atoms with E-state index in [1.165, 1.54) is 0 Å². The van der Waals surface area contributed by atoms with Crippen LogP contribution in [0.1, 0.15) is 27.0 Å². The normalized spacial score (nSPS) is 10.7. The Morgan fingerprint density at radius 2 is 2.05 bits per heavy atom. The number of rotatable bonds is 3. The Kier molecular flexibility index (Phi) is 3.36. The van der Waals surface area contributed by atoms with Crippen LogP contribution in [0.5, 0.6) is 0 Å². The van der Waals surface area contributed by atoms with Crippen LogP contribution in [-0.2, 0) is 6.42 Å². The van der Waals surface area contributed by atoms with E-state index in [-0.39, 0.29) is 0 Å². The van der Waals surface area contributed by atoms with E-state index < -0.39 is 5.91 Å². The van der Waals surface area contributed by atoms with E-state index in [4.69, 9.17) is 5.73 Å². The van der Waals surface area contributed by atoms with Crippen LogP contribution in [0.2, 0.25) is 0 Å². The van der Waals surface area contributed by atoms with E-state index in [1.807, 2.05) is 25.3 Å². The maximum atomic E-state index is 11.5. The molecule has 1 amide bonds. The van der Waals surface area contributed by atoms with Gasteiger partial charge in [0.2, 0.25) is 5.91 Å². The molecule has 0 atom stereocenters. The molecule has 0 aliphatic heterocycles. The first-order valence-electron chi connectivity index (χ1n) is 6.71. The molecular formula is C17H15N3O. The summed E-state index contributed by atoms with van der Waals surface area (Å²) in [6, 6.07) is 9.86. The smallest absolute Gasteiger partial charge is 0.249 e. The number of aromatic nitrogens is 2. The second-order valence-corrected chi connectivity index (χ2v) is 5.11. The summed E-state index contributed by atoms with van der Waals surface area (Å²) in [5, 5.41) is 1.09. The maximum Gasteiger partial charge on any atom is 0.249 e. The zero-order valence-electron chi connectivity index (χ0n) is 11.7. The van der Waals surface area contributed by atoms with Crippen LogP contribution < -0.4 is 5.73 Å². The van der Waals surface area contributed by atoms with E-state index in [9.17, 15) is 4.79 Å². The molecule has 2 aromatic heterocycles. The van der Waals surface area contributed by atoms with Crippen molar-refractivity contribution in [1.82, 2.24) is 9.97 Å². The molecule has 0 saturated heterocycles. The number of amides is 1. The van der Waals surface area contributed by atoms with Crippen LogP contribution in [0.25, 0.3) is 10.9 Å². The van der Waals surface area contributed by atoms with Gasteiger partial charge in [-0.25, -0.2) is 0 Å². The van der Waals surface area contributed by atoms with Crippen LogP contribution in [0.3, 0.4) is 0 Å². The lowest BCUT2D eigenvalue weighted by atomic mass is 10.00. The molecule has 0 aliphatic carbocycles. The highest BCUT2D eigenvalue weighted by molar-refractivity contribution is 5.94. The first-order chi connectivity index (χ1) is 10.1. The number of fused-ring (bicyclic) bond motifs is 1. The van der Waals surface area contributed by atoms with Crippen molar-refractivity contribution in [1.29, 1.82) is 0 Å². The van der Waals surface area contributed by atoms with E-state index in [2.05, 4.69) is 22.1 Å². The summed E-state index contributed by atoms with van der Waals surface area (Å²) in [6.45, 7) is 2.02. The number of benzene rings is 1. The molecule has 0 spiro atoms. The van der Waals surface area contributed by atoms with E-state index in [1.54, 1.807) is 18.5 Å². The number of aryl methyl sites for hydroxylation is 1. The molecule has 2 heterocycles. The van der Waals surface area contributed by atoms with E-state index in [0.717, 1.165) is 27.6 Å². The molecule has 4 heteroatoms. The second-order valence-electron chi connectivity index (χ2n) is 5.11. The number of hydrogen-bond acceptors (Lipinski definition) is 3. The van der Waals surface area contributed by atoms with E-state index in [0.29, 0.717) is 12.0 Å². The fourth-order valence-electron chi connectivity index (χ4n) is 2.43. The molecule has 3 rings (SSSR count). The highest BCUT2D eigenvalue weighted by Crippen LogP contribution is 2.19. The number of pyridine rings is 2. The first-order valence-corrected chi connectivity index (χ1v) is 6.71. The zero-order chi connectivity index (χ0) is 14.8. The Morgan fingerprint density at radius 3 is 2.86 bits per heavy atom. The molecule has 0 bridgehead atoms. The van der Waals surface area contributed by atoms with Gasteiger partial charge in [-0.3, -0.25) is 14.8 Å². The number of nitrogens with two attached hydrogens (primary N) is 1. The summed E-state index contributed by atoms with van der Waals surface area (Å²) in [7, 11) is 0. The molecule has 2 N–H and O–H groups in total. The Hall–Kier alpha value is -2.75. The fraction of sp³-hybridized carbons (Fsp3) is 0.118. The lowest BCUT2D eigenvalue weighted by Gasteiger charge is -2.07. The standard InChI is InChI=1S/C17H15N3O/c1-11-6-13-7-12(2-3-16(13)20-9-11)8-14-10-19-5-4-15(14)17(18)21/h2-7,9-10H,8H2,1H3,(H2,18,21). The molecule has 0 aliphatic rings. The topological polar surface area (TPSA) is 68.9 Å². The zero-order valence-corrected chi connectivity index (χ0v) is 11.7. The van der Waals surface area contributed by atoms with Crippen molar-refractivity contribution < 1.29 is 4.79 Å². The summed E-state index contributed by atoms with van der Waals surface area (Å²) in [4.78, 5) is 19.9. The molecule has 21 heavy (non-hydrogen) atoms. The van der Waals surface area contributed by atoms with Crippen LogP contribution >= 0.6 is 0 Å². The van der Waals surface area contributed by atoms with E-state index >= 15 is 0 Å². The second kappa shape index (κ2) is 5.32. The summed E-state index contributed by atoms with van der Waals surface area (Å²) in [6.07, 6.45) is 5.75. The average molecular weight is 277 g/mol. The number of nitrogens with zero attached hydrogens (tertiary/aromatic N) is 2. The van der Waals surface area contributed by atoms with Gasteiger partial charge >= 0.3 is 0 Å². The number of carbonyl (C=O) groups is 1. The van der Waals surface area contributed by atoms with Gasteiger partial charge in [0.25, 0.3) is 0 Å². The van der Waals surface area contributed by atoms with Gasteiger partial charge in [-0.2, -0.15) is 0 Å². The Bertz CT molecular complexity index is 827. The molecule has 0 unspecified atom stereocenters. The highest BCUT2D eigenvalue weighted by Gasteiger charge is 2.09. The number of primary amides is 1. The SMILES string of the molecule is Cc1cnc2ccc(Cc3cnccc3C(N)=O)cc2c1. The molecule has 3 aromatic rings. The highest BCUT2D eigenvalue weighted by atomic mass is 16.1. The fourth-order valence-corrected chi connectivity index (χ4v) is 2.43. The molecule has 0 saturated carbocycles. The minimum atomic E-state index is -0.425. The van der Waals surface area contributed by atoms with Crippen LogP contribution in [0.15, 0.2) is 48.9 Å². The predicted molar refractivity (Wildman–Crippen MR) is 82.0 cm³/mol. The molecule has 4 nitrogen and oxygen atoms in total. The van der Waals surface area contributed by atoms with Gasteiger partial charge in [0.15, 0.2) is 0 Å². The van der Waals surface area contributed by atoms with Crippen LogP contribution in [0.4, 0.5) is 0 Å². The number of hydrogen-bond donors (Lipinski definition) is 1. The maximum absolute atomic E-state index is 11.5. The first kappa shape index (κ1) is 13.2. The summed E-state index contributed by atoms with van der Waals surface area (Å²) in [5.41, 5.74) is 9.95. The predicted octanol–water partition coefficient (Wildman–Crippen LogP) is 2.63. The lowest BCUT2D eigenvalue weighted by Crippen LogP contribution is -2.14. The van der Waals surface area contributed by atoms with Gasteiger partial charge in [-0.15, -0.1) is 0 Å². The van der Waals surface area contributed by atoms with Gasteiger partial charge in [-0.05, 0) is 54.3 Å². The molecule has 1 aromatic carbocycles. The monoisotopic (exact) mass is 277 g/mol. The van der Waals surface area contributed by atoms with Crippen LogP contribution in [-0.4, -0.2) is 15.9 Å². The Balaban J connectivity index is 2.00. The van der Waals surface area contributed by atoms with Gasteiger partial charge < -0.3 is 5.73 Å². The minimum Gasteiger partial charge on any atom is -0.366 e. The molecule has 0 radical (unpaired) electrons. The molecular weight excluding hydrogens is 262 g/mol. The Labute approximate surface area is 122 Å². The van der Waals surface area contributed by atoms with Crippen molar-refractivity contribution in [2.75, 3.05) is 0 Å². The average Bonchev–Trinajstić information content (AvgIpc) is 2.47. The minimum absolute atomic E-state index is 0.425. The quantitative estimate of drug-likeness (QED) is 0.800. The van der Waals surface area contributed by atoms with Crippen molar-refractivity contribution in [3.63, 3.8) is 0 Å². The molecule has 0 fully saturated rings. The van der Waals surface area contributed by atoms with Crippen molar-refractivity contribution in [3.05, 3.63) is 71.2 Å². The number of carbonyl (C=O) groups excluding carboxylic acids is 1. The van der Waals surface area contributed by atoms with Crippen molar-refractivity contribution >= 4 is 16.8 Å². The molecule has 104 valence electrons. The summed E-state index contributed by atoms with van der Waals surface area (Å²) < 4.78 is 0. The van der Waals surface area contributed by atoms with Gasteiger partial charge in [0.05, 0.1) is 5.52 Å². The lowest BCUT2D eigenvalue weighted by molar-refractivity contribution is 0.0999. The van der Waals surface area contributed by atoms with Crippen molar-refractivity contribution in [2.45, 2.75) is 13.3 Å². The van der Waals surface area contributed by atoms with Gasteiger partial charge in [-0.1, -0.05) is 6.07 Å². The summed E-state index contributed by atoms with van der Waals surface area (Å²) in [5.74, 6) is -0.425. The van der Waals surface area contributed by atoms with Crippen molar-refractivity contribution in [2.24, 2.45) is 5.73 Å². The Morgan fingerprint density at radius 1 is 1.19 bits per heavy atom. The van der Waals surface area contributed by atoms with Crippen LogP contribution in [0, 0.1) is 6.92 Å². The third-order valence-electron chi connectivity index (χ3n) is 3.45. The third kappa shape index (κ3) is 2.74. The summed E-state index contributed by atoms with van der Waals surface area (Å²) >= 11 is 0. The third-order valence-corrected chi connectivity index (χ3v) is 3.45. The van der Waals surface area contributed by atoms with Gasteiger partial charge in [0.1, 0.15) is 0 Å². The van der Waals surface area contributed by atoms with Crippen molar-refractivity contribution in [3.8, 4) is 0 Å². The largest absolute Gasteiger partial charge is 0.366 e. The van der Waals surface area contributed by atoms with Gasteiger partial charge in [0, 0.05) is 29.5 Å².